The van der Waals surface area contributed by atoms with Gasteiger partial charge in [0.05, 0.1) is 18.2 Å². The van der Waals surface area contributed by atoms with Gasteiger partial charge in [-0.15, -0.1) is 6.58 Å². The number of carbonyl (C=O) groups is 2. The number of aliphatic hydroxyl groups excluding tert-OH is 2. The summed E-state index contributed by atoms with van der Waals surface area (Å²) < 4.78 is 20.4. The molecule has 0 bridgehead atoms. The fourth-order valence-electron chi connectivity index (χ4n) is 9.71. The Kier molecular flexibility index (Phi) is 13.7. The molecule has 0 aromatic heterocycles. The van der Waals surface area contributed by atoms with Gasteiger partial charge in [-0.25, -0.2) is 4.79 Å². The number of hydrogen-bond acceptors (Lipinski definition) is 9. The molecule has 0 unspecified atom stereocenters. The summed E-state index contributed by atoms with van der Waals surface area (Å²) >= 11 is 0. The number of nitrogens with one attached hydrogen (secondary N) is 1. The van der Waals surface area contributed by atoms with Crippen molar-refractivity contribution >= 4 is 28.5 Å². The van der Waals surface area contributed by atoms with Crippen LogP contribution in [-0.2, 0) is 20.9 Å². The van der Waals surface area contributed by atoms with Gasteiger partial charge < -0.3 is 39.5 Å². The standard InChI is InChI=1S/C49H63N3O8/c1-6-27-57-49-43(52(46(55)33-21-22-33)31-35-18-14-17-32-15-8-9-19-37(32)35)30-41(51-60-48(3,4)5)39-28-34(16-10-12-25-53)38(20-11-13-26-54)44(45(39)49)40-29-36(23-24-42(40)59-49)58-47(56)50-7-2/h6,8-9,14-15,17-19,23-24,28-29,33-34,38,43-45,53-54H,1,7,10-13,16,20-22,25-27,30-31H2,2-5H3,(H,50,56)/t34-,38+,43-,44+,45+,49+/m0/s1. The molecule has 2 amide bonds. The predicted octanol–water partition coefficient (Wildman–Crippen LogP) is 8.82. The molecule has 3 aromatic carbocycles. The summed E-state index contributed by atoms with van der Waals surface area (Å²) in [5.41, 5.74) is 3.03. The van der Waals surface area contributed by atoms with Gasteiger partial charge in [-0.1, -0.05) is 72.6 Å². The van der Waals surface area contributed by atoms with E-state index in [9.17, 15) is 15.0 Å². The summed E-state index contributed by atoms with van der Waals surface area (Å²) in [6, 6.07) is 19.4. The number of oxime groups is 1. The van der Waals surface area contributed by atoms with E-state index in [0.717, 1.165) is 71.7 Å². The first-order chi connectivity index (χ1) is 29.0. The fraction of sp³-hybridized carbons (Fsp3) is 0.531. The third-order valence-electron chi connectivity index (χ3n) is 12.4. The largest absolute Gasteiger partial charge is 0.459 e. The smallest absolute Gasteiger partial charge is 0.412 e. The van der Waals surface area contributed by atoms with Gasteiger partial charge in [0.25, 0.3) is 0 Å². The van der Waals surface area contributed by atoms with Crippen molar-refractivity contribution in [3.05, 3.63) is 96.1 Å². The molecule has 4 aliphatic rings. The second-order valence-corrected chi connectivity index (χ2v) is 17.8. The van der Waals surface area contributed by atoms with Crippen LogP contribution in [0.1, 0.15) is 103 Å². The minimum absolute atomic E-state index is 0.0345. The Balaban J connectivity index is 1.48. The Morgan fingerprint density at radius 2 is 1.77 bits per heavy atom. The second-order valence-electron chi connectivity index (χ2n) is 17.8. The predicted molar refractivity (Wildman–Crippen MR) is 233 cm³/mol. The highest BCUT2D eigenvalue weighted by molar-refractivity contribution is 6.03. The van der Waals surface area contributed by atoms with Crippen molar-refractivity contribution < 1.29 is 38.9 Å². The van der Waals surface area contributed by atoms with E-state index in [0.29, 0.717) is 43.9 Å². The highest BCUT2D eigenvalue weighted by Crippen LogP contribution is 2.62. The maximum atomic E-state index is 15.0. The molecule has 0 saturated heterocycles. The number of unbranched alkanes of at least 4 members (excludes halogenated alkanes) is 2. The zero-order valence-electron chi connectivity index (χ0n) is 35.7. The lowest BCUT2D eigenvalue weighted by Crippen LogP contribution is -2.70. The summed E-state index contributed by atoms with van der Waals surface area (Å²) in [4.78, 5) is 36.1. The van der Waals surface area contributed by atoms with Crippen molar-refractivity contribution in [2.75, 3.05) is 26.4 Å². The van der Waals surface area contributed by atoms with E-state index in [2.05, 4.69) is 42.2 Å². The highest BCUT2D eigenvalue weighted by Gasteiger charge is 2.66. The topological polar surface area (TPSA) is 139 Å². The number of nitrogens with zero attached hydrogens (tertiary/aromatic N) is 2. The number of rotatable bonds is 18. The monoisotopic (exact) mass is 821 g/mol. The molecule has 11 heteroatoms. The third kappa shape index (κ3) is 9.28. The first-order valence-electron chi connectivity index (χ1n) is 22.0. The summed E-state index contributed by atoms with van der Waals surface area (Å²) in [6.45, 7) is 13.0. The number of hydrogen-bond donors (Lipinski definition) is 3. The van der Waals surface area contributed by atoms with Crippen LogP contribution in [0.3, 0.4) is 0 Å². The molecule has 2 fully saturated rings. The van der Waals surface area contributed by atoms with Crippen LogP contribution in [0.5, 0.6) is 11.5 Å². The van der Waals surface area contributed by atoms with Crippen LogP contribution in [0.25, 0.3) is 10.8 Å². The molecule has 1 aliphatic heterocycles. The number of fused-ring (bicyclic) bond motifs is 3. The van der Waals surface area contributed by atoms with Gasteiger partial charge in [0.15, 0.2) is 0 Å². The van der Waals surface area contributed by atoms with Crippen molar-refractivity contribution in [1.82, 2.24) is 10.2 Å². The van der Waals surface area contributed by atoms with E-state index in [1.54, 1.807) is 12.1 Å². The molecular formula is C49H63N3O8. The quantitative estimate of drug-likeness (QED) is 0.0658. The van der Waals surface area contributed by atoms with Crippen molar-refractivity contribution in [2.45, 2.75) is 115 Å². The van der Waals surface area contributed by atoms with Crippen LogP contribution in [-0.4, -0.2) is 76.6 Å². The van der Waals surface area contributed by atoms with E-state index >= 15 is 4.79 Å². The normalized spacial score (nSPS) is 25.1. The molecule has 322 valence electrons. The maximum absolute atomic E-state index is 15.0. The Morgan fingerprint density at radius 3 is 2.48 bits per heavy atom. The maximum Gasteiger partial charge on any atom is 0.412 e. The molecule has 2 saturated carbocycles. The number of carbonyl (C=O) groups excluding carboxylic acids is 2. The minimum atomic E-state index is -1.39. The average Bonchev–Trinajstić information content (AvgIpc) is 4.08. The zero-order chi connectivity index (χ0) is 42.4. The van der Waals surface area contributed by atoms with Gasteiger partial charge in [-0.3, -0.25) is 4.79 Å². The molecule has 6 atom stereocenters. The molecule has 3 aliphatic carbocycles. The van der Waals surface area contributed by atoms with Gasteiger partial charge in [-0.05, 0) is 118 Å². The van der Waals surface area contributed by atoms with Crippen LogP contribution in [0.2, 0.25) is 0 Å². The number of amides is 2. The third-order valence-corrected chi connectivity index (χ3v) is 12.4. The van der Waals surface area contributed by atoms with Gasteiger partial charge >= 0.3 is 6.09 Å². The summed E-state index contributed by atoms with van der Waals surface area (Å²) in [5.74, 6) is -1.05. The summed E-state index contributed by atoms with van der Waals surface area (Å²) in [7, 11) is 0. The molecular weight excluding hydrogens is 759 g/mol. The molecule has 0 spiro atoms. The molecule has 0 radical (unpaired) electrons. The van der Waals surface area contributed by atoms with Gasteiger partial charge in [0, 0.05) is 50.1 Å². The van der Waals surface area contributed by atoms with E-state index in [1.807, 2.05) is 62.9 Å². The lowest BCUT2D eigenvalue weighted by molar-refractivity contribution is -0.258. The van der Waals surface area contributed by atoms with E-state index in [1.165, 1.54) is 0 Å². The Morgan fingerprint density at radius 1 is 1.02 bits per heavy atom. The van der Waals surface area contributed by atoms with E-state index in [4.69, 9.17) is 24.2 Å². The van der Waals surface area contributed by atoms with Crippen molar-refractivity contribution in [3.8, 4) is 11.5 Å². The summed E-state index contributed by atoms with van der Waals surface area (Å²) in [5, 5.41) is 29.8. The molecule has 3 N–H and O–H groups in total. The number of allylic oxidation sites excluding steroid dienone is 1. The molecule has 3 aromatic rings. The first kappa shape index (κ1) is 43.4. The number of ether oxygens (including phenoxy) is 3. The van der Waals surface area contributed by atoms with Crippen LogP contribution in [0.4, 0.5) is 4.79 Å². The van der Waals surface area contributed by atoms with Crippen LogP contribution >= 0.6 is 0 Å². The lowest BCUT2D eigenvalue weighted by atomic mass is 9.55. The zero-order valence-corrected chi connectivity index (χ0v) is 35.7. The van der Waals surface area contributed by atoms with Gasteiger partial charge in [0.2, 0.25) is 11.7 Å². The number of benzene rings is 3. The second kappa shape index (κ2) is 18.9. The molecule has 7 rings (SSSR count). The first-order valence-corrected chi connectivity index (χ1v) is 22.0. The van der Waals surface area contributed by atoms with E-state index < -0.39 is 29.4 Å². The SMILES string of the molecule is C=CCO[C@@]12Oc3ccc(OC(=O)NCC)cc3[C@H]3[C@H](CCCCO)[C@@H](CCCCO)C=C(C(=NOC(C)(C)C)C[C@@H]1N(Cc1cccc4ccccc14)C(=O)C1CC1)[C@H]32. The Labute approximate surface area is 354 Å². The van der Waals surface area contributed by atoms with Crippen LogP contribution in [0.15, 0.2) is 90.1 Å². The Hall–Kier alpha value is -4.71. The number of aliphatic hydroxyl groups is 2. The lowest BCUT2D eigenvalue weighted by Gasteiger charge is -2.60. The molecule has 1 heterocycles. The van der Waals surface area contributed by atoms with Crippen molar-refractivity contribution in [3.63, 3.8) is 0 Å². The van der Waals surface area contributed by atoms with Gasteiger partial charge in [-0.2, -0.15) is 0 Å². The Bertz CT molecular complexity index is 2070. The van der Waals surface area contributed by atoms with E-state index in [-0.39, 0.29) is 49.4 Å². The van der Waals surface area contributed by atoms with Gasteiger partial charge in [0.1, 0.15) is 23.1 Å². The minimum Gasteiger partial charge on any atom is -0.459 e. The van der Waals surface area contributed by atoms with Crippen LogP contribution < -0.4 is 14.8 Å². The molecule has 60 heavy (non-hydrogen) atoms. The van der Waals surface area contributed by atoms with Crippen molar-refractivity contribution in [1.29, 1.82) is 0 Å². The average molecular weight is 822 g/mol. The molecule has 11 nitrogen and oxygen atoms in total. The van der Waals surface area contributed by atoms with Crippen LogP contribution in [0, 0.1) is 23.7 Å². The fourth-order valence-corrected chi connectivity index (χ4v) is 9.71. The van der Waals surface area contributed by atoms with Crippen molar-refractivity contribution in [2.24, 2.45) is 28.8 Å². The highest BCUT2D eigenvalue weighted by atomic mass is 16.7. The summed E-state index contributed by atoms with van der Waals surface area (Å²) in [6.07, 6.45) is 10.1.